The van der Waals surface area contributed by atoms with Gasteiger partial charge in [0.25, 0.3) is 0 Å². The summed E-state index contributed by atoms with van der Waals surface area (Å²) < 4.78 is 17.0. The fourth-order valence-corrected chi connectivity index (χ4v) is 5.43. The lowest BCUT2D eigenvalue weighted by molar-refractivity contribution is 0.215. The molecule has 0 saturated heterocycles. The maximum Gasteiger partial charge on any atom is 0.417 e. The van der Waals surface area contributed by atoms with Gasteiger partial charge in [0.2, 0.25) is 0 Å². The molecule has 2 heterocycles. The minimum atomic E-state index is -0.630. The SMILES string of the molecule is COc1cc(OC(=O)Nc2cccnc2)ccc1-c1ccc2c(c1C(N)c1ccccc1OC)C(C)=CC(C)(C)N2. The molecule has 4 aromatic rings. The third kappa shape index (κ3) is 5.73. The van der Waals surface area contributed by atoms with E-state index in [0.29, 0.717) is 22.9 Å². The highest BCUT2D eigenvalue weighted by Crippen LogP contribution is 2.47. The van der Waals surface area contributed by atoms with Crippen LogP contribution in [0.15, 0.2) is 85.2 Å². The molecule has 8 heteroatoms. The van der Waals surface area contributed by atoms with Crippen molar-refractivity contribution in [3.05, 3.63) is 102 Å². The van der Waals surface area contributed by atoms with Gasteiger partial charge in [0, 0.05) is 34.6 Å². The predicted molar refractivity (Wildman–Crippen MR) is 163 cm³/mol. The number of anilines is 2. The van der Waals surface area contributed by atoms with Crippen LogP contribution in [0.4, 0.5) is 16.2 Å². The van der Waals surface area contributed by atoms with Gasteiger partial charge < -0.3 is 25.3 Å². The molecule has 4 N–H and O–H groups in total. The molecule has 1 amide bonds. The quantitative estimate of drug-likeness (QED) is 0.227. The van der Waals surface area contributed by atoms with Crippen LogP contribution in [0, 0.1) is 0 Å². The number of aromatic nitrogens is 1. The van der Waals surface area contributed by atoms with Crippen LogP contribution in [0.3, 0.4) is 0 Å². The fourth-order valence-electron chi connectivity index (χ4n) is 5.43. The van der Waals surface area contributed by atoms with Crippen LogP contribution >= 0.6 is 0 Å². The van der Waals surface area contributed by atoms with Crippen molar-refractivity contribution >= 4 is 23.0 Å². The van der Waals surface area contributed by atoms with Crippen molar-refractivity contribution in [1.82, 2.24) is 4.98 Å². The number of carbonyl (C=O) groups excluding carboxylic acids is 1. The lowest BCUT2D eigenvalue weighted by Crippen LogP contribution is -2.32. The highest BCUT2D eigenvalue weighted by molar-refractivity contribution is 5.90. The molecule has 0 bridgehead atoms. The third-order valence-corrected chi connectivity index (χ3v) is 7.04. The summed E-state index contributed by atoms with van der Waals surface area (Å²) in [5, 5.41) is 6.30. The monoisotopic (exact) mass is 550 g/mol. The third-order valence-electron chi connectivity index (χ3n) is 7.04. The number of methoxy groups -OCH3 is 2. The summed E-state index contributed by atoms with van der Waals surface area (Å²) in [6, 6.07) is 20.2. The molecular formula is C33H34N4O4. The highest BCUT2D eigenvalue weighted by Gasteiger charge is 2.30. The summed E-state index contributed by atoms with van der Waals surface area (Å²) in [4.78, 5) is 16.5. The van der Waals surface area contributed by atoms with E-state index >= 15 is 0 Å². The van der Waals surface area contributed by atoms with Crippen molar-refractivity contribution in [2.24, 2.45) is 5.73 Å². The van der Waals surface area contributed by atoms with E-state index in [1.807, 2.05) is 30.3 Å². The smallest absolute Gasteiger partial charge is 0.417 e. The van der Waals surface area contributed by atoms with Gasteiger partial charge in [0.05, 0.1) is 37.7 Å². The first-order valence-electron chi connectivity index (χ1n) is 13.3. The molecule has 1 aliphatic heterocycles. The first-order chi connectivity index (χ1) is 19.7. The van der Waals surface area contributed by atoms with Crippen molar-refractivity contribution < 1.29 is 19.0 Å². The molecule has 210 valence electrons. The minimum Gasteiger partial charge on any atom is -0.496 e. The standard InChI is InChI=1S/C33H34N4O4/c1-20-18-33(2,3)37-26-15-14-24(30(29(20)26)31(34)25-10-6-7-11-27(25)39-4)23-13-12-22(17-28(23)40-5)41-32(38)36-21-9-8-16-35-19-21/h6-19,31,37H,34H2,1-5H3,(H,36,38). The molecule has 41 heavy (non-hydrogen) atoms. The Morgan fingerprint density at radius 3 is 2.46 bits per heavy atom. The molecule has 1 aliphatic rings. The van der Waals surface area contributed by atoms with Gasteiger partial charge in [-0.15, -0.1) is 0 Å². The van der Waals surface area contributed by atoms with Crippen LogP contribution in [0.1, 0.15) is 43.5 Å². The molecule has 1 unspecified atom stereocenters. The minimum absolute atomic E-state index is 0.211. The maximum atomic E-state index is 12.5. The number of nitrogens with two attached hydrogens (primary N) is 1. The number of fused-ring (bicyclic) bond motifs is 1. The Hall–Kier alpha value is -4.82. The van der Waals surface area contributed by atoms with Gasteiger partial charge in [0.1, 0.15) is 17.2 Å². The number of para-hydroxylation sites is 1. The number of rotatable bonds is 7. The number of carbonyl (C=O) groups is 1. The number of nitrogens with one attached hydrogen (secondary N) is 2. The van der Waals surface area contributed by atoms with Gasteiger partial charge in [-0.3, -0.25) is 10.3 Å². The average molecular weight is 551 g/mol. The van der Waals surface area contributed by atoms with E-state index in [2.05, 4.69) is 54.6 Å². The Balaban J connectivity index is 1.60. The van der Waals surface area contributed by atoms with Crippen LogP contribution in [-0.2, 0) is 0 Å². The highest BCUT2D eigenvalue weighted by atomic mass is 16.6. The van der Waals surface area contributed by atoms with Gasteiger partial charge in [-0.05, 0) is 73.9 Å². The molecule has 0 aliphatic carbocycles. The van der Waals surface area contributed by atoms with Crippen LogP contribution in [0.2, 0.25) is 0 Å². The zero-order chi connectivity index (χ0) is 29.1. The Kier molecular flexibility index (Phi) is 7.68. The Bertz CT molecular complexity index is 1620. The summed E-state index contributed by atoms with van der Waals surface area (Å²) in [6.45, 7) is 6.39. The topological polar surface area (TPSA) is 108 Å². The molecule has 0 radical (unpaired) electrons. The van der Waals surface area contributed by atoms with E-state index in [1.54, 1.807) is 50.9 Å². The van der Waals surface area contributed by atoms with E-state index in [-0.39, 0.29) is 5.54 Å². The van der Waals surface area contributed by atoms with Crippen molar-refractivity contribution in [3.8, 4) is 28.4 Å². The molecule has 0 fully saturated rings. The van der Waals surface area contributed by atoms with E-state index in [4.69, 9.17) is 19.9 Å². The van der Waals surface area contributed by atoms with Crippen LogP contribution < -0.4 is 30.6 Å². The lowest BCUT2D eigenvalue weighted by atomic mass is 9.81. The Labute approximate surface area is 240 Å². The summed E-state index contributed by atoms with van der Waals surface area (Å²) in [5.41, 5.74) is 14.1. The van der Waals surface area contributed by atoms with E-state index < -0.39 is 12.1 Å². The summed E-state index contributed by atoms with van der Waals surface area (Å²) in [7, 11) is 3.24. The average Bonchev–Trinajstić information content (AvgIpc) is 2.96. The normalized spacial score (nSPS) is 14.1. The second-order valence-electron chi connectivity index (χ2n) is 10.5. The number of benzene rings is 3. The van der Waals surface area contributed by atoms with Crippen LogP contribution in [-0.4, -0.2) is 30.8 Å². The maximum absolute atomic E-state index is 12.5. The van der Waals surface area contributed by atoms with Crippen molar-refractivity contribution in [2.75, 3.05) is 24.9 Å². The zero-order valence-corrected chi connectivity index (χ0v) is 23.8. The largest absolute Gasteiger partial charge is 0.496 e. The first-order valence-corrected chi connectivity index (χ1v) is 13.3. The lowest BCUT2D eigenvalue weighted by Gasteiger charge is -2.35. The zero-order valence-electron chi connectivity index (χ0n) is 23.8. The first kappa shape index (κ1) is 27.7. The number of allylic oxidation sites excluding steroid dienone is 1. The number of amides is 1. The molecule has 8 nitrogen and oxygen atoms in total. The number of pyridine rings is 1. The van der Waals surface area contributed by atoms with Gasteiger partial charge >= 0.3 is 6.09 Å². The summed E-state index contributed by atoms with van der Waals surface area (Å²) in [6.07, 6.45) is 4.75. The molecule has 1 aromatic heterocycles. The van der Waals surface area contributed by atoms with Gasteiger partial charge in [-0.25, -0.2) is 4.79 Å². The number of ether oxygens (including phenoxy) is 3. The summed E-state index contributed by atoms with van der Waals surface area (Å²) in [5.74, 6) is 1.58. The molecule has 5 rings (SSSR count). The van der Waals surface area contributed by atoms with Gasteiger partial charge in [0.15, 0.2) is 0 Å². The second-order valence-corrected chi connectivity index (χ2v) is 10.5. The van der Waals surface area contributed by atoms with Crippen molar-refractivity contribution in [3.63, 3.8) is 0 Å². The van der Waals surface area contributed by atoms with Gasteiger partial charge in [-0.1, -0.05) is 30.3 Å². The molecule has 0 saturated carbocycles. The molecule has 3 aromatic carbocycles. The van der Waals surface area contributed by atoms with E-state index in [9.17, 15) is 4.79 Å². The molecule has 1 atom stereocenters. The number of nitrogens with zero attached hydrogens (tertiary/aromatic N) is 1. The molecular weight excluding hydrogens is 516 g/mol. The van der Waals surface area contributed by atoms with Gasteiger partial charge in [-0.2, -0.15) is 0 Å². The van der Waals surface area contributed by atoms with Crippen LogP contribution in [0.5, 0.6) is 17.2 Å². The summed E-state index contributed by atoms with van der Waals surface area (Å²) >= 11 is 0. The van der Waals surface area contributed by atoms with Crippen LogP contribution in [0.25, 0.3) is 16.7 Å². The predicted octanol–water partition coefficient (Wildman–Crippen LogP) is 7.03. The Morgan fingerprint density at radius 1 is 0.976 bits per heavy atom. The number of hydrogen-bond acceptors (Lipinski definition) is 7. The van der Waals surface area contributed by atoms with E-state index in [1.165, 1.54) is 0 Å². The van der Waals surface area contributed by atoms with E-state index in [0.717, 1.165) is 39.1 Å². The van der Waals surface area contributed by atoms with Crippen molar-refractivity contribution in [2.45, 2.75) is 32.4 Å². The Morgan fingerprint density at radius 2 is 1.73 bits per heavy atom. The fraction of sp³-hybridized carbons (Fsp3) is 0.212. The second kappa shape index (κ2) is 11.3. The van der Waals surface area contributed by atoms with Crippen molar-refractivity contribution in [1.29, 1.82) is 0 Å². The number of hydrogen-bond donors (Lipinski definition) is 3. The molecule has 0 spiro atoms.